The Labute approximate surface area is 120 Å². The fraction of sp³-hybridized carbons (Fsp3) is 0.867. The van der Waals surface area contributed by atoms with Gasteiger partial charge in [-0.15, -0.1) is 0 Å². The minimum Gasteiger partial charge on any atom is -0.480 e. The largest absolute Gasteiger partial charge is 0.480 e. The van der Waals surface area contributed by atoms with Gasteiger partial charge >= 0.3 is 5.97 Å². The number of hydrogen-bond acceptors (Lipinski definition) is 3. The van der Waals surface area contributed by atoms with Gasteiger partial charge in [0.25, 0.3) is 0 Å². The zero-order valence-corrected chi connectivity index (χ0v) is 12.3. The van der Waals surface area contributed by atoms with Gasteiger partial charge in [0.1, 0.15) is 6.04 Å². The Morgan fingerprint density at radius 1 is 1.35 bits per heavy atom. The standard InChI is InChI=1S/C15H26N2O3/c1-2-15(8-9-16-10-15)14(20)17-12(13(18)19)11-6-4-3-5-7-11/h11-12,16H,2-10H2,1H3,(H,17,20)(H,18,19). The number of hydrogen-bond donors (Lipinski definition) is 3. The minimum atomic E-state index is -0.887. The molecule has 2 unspecified atom stereocenters. The molecule has 0 bridgehead atoms. The molecule has 1 amide bonds. The molecule has 0 aromatic rings. The van der Waals surface area contributed by atoms with E-state index in [0.717, 1.165) is 45.1 Å². The first kappa shape index (κ1) is 15.3. The van der Waals surface area contributed by atoms with Crippen molar-refractivity contribution in [1.82, 2.24) is 10.6 Å². The van der Waals surface area contributed by atoms with E-state index in [-0.39, 0.29) is 11.8 Å². The summed E-state index contributed by atoms with van der Waals surface area (Å²) in [6.45, 7) is 3.50. The van der Waals surface area contributed by atoms with Crippen LogP contribution in [0.2, 0.25) is 0 Å². The zero-order chi connectivity index (χ0) is 14.6. The molecule has 1 heterocycles. The number of carboxylic acid groups (broad SMARTS) is 1. The summed E-state index contributed by atoms with van der Waals surface area (Å²) in [7, 11) is 0. The van der Waals surface area contributed by atoms with Crippen molar-refractivity contribution in [2.24, 2.45) is 11.3 Å². The van der Waals surface area contributed by atoms with Crippen molar-refractivity contribution in [1.29, 1.82) is 0 Å². The van der Waals surface area contributed by atoms with Crippen LogP contribution in [0.1, 0.15) is 51.9 Å². The van der Waals surface area contributed by atoms with E-state index in [2.05, 4.69) is 10.6 Å². The van der Waals surface area contributed by atoms with Crippen molar-refractivity contribution in [2.45, 2.75) is 57.9 Å². The van der Waals surface area contributed by atoms with Crippen LogP contribution in [0.3, 0.4) is 0 Å². The number of nitrogens with one attached hydrogen (secondary N) is 2. The minimum absolute atomic E-state index is 0.0806. The molecule has 5 nitrogen and oxygen atoms in total. The van der Waals surface area contributed by atoms with Crippen molar-refractivity contribution >= 4 is 11.9 Å². The van der Waals surface area contributed by atoms with Gasteiger partial charge in [-0.05, 0) is 38.1 Å². The third-order valence-electron chi connectivity index (χ3n) is 5.08. The van der Waals surface area contributed by atoms with Gasteiger partial charge in [-0.25, -0.2) is 4.79 Å². The van der Waals surface area contributed by atoms with Gasteiger partial charge in [0.05, 0.1) is 5.41 Å². The summed E-state index contributed by atoms with van der Waals surface area (Å²) in [6, 6.07) is -0.716. The van der Waals surface area contributed by atoms with E-state index in [9.17, 15) is 14.7 Å². The SMILES string of the molecule is CCC1(C(=O)NC(C(=O)O)C2CCCCC2)CCNC1. The van der Waals surface area contributed by atoms with E-state index >= 15 is 0 Å². The number of carbonyl (C=O) groups is 2. The Morgan fingerprint density at radius 3 is 2.55 bits per heavy atom. The van der Waals surface area contributed by atoms with Crippen molar-refractivity contribution in [2.75, 3.05) is 13.1 Å². The number of aliphatic carboxylic acids is 1. The zero-order valence-electron chi connectivity index (χ0n) is 12.3. The van der Waals surface area contributed by atoms with Crippen molar-refractivity contribution in [3.05, 3.63) is 0 Å². The summed E-state index contributed by atoms with van der Waals surface area (Å²) in [5.41, 5.74) is -0.414. The van der Waals surface area contributed by atoms with Crippen LogP contribution < -0.4 is 10.6 Å². The summed E-state index contributed by atoms with van der Waals surface area (Å²) in [5, 5.41) is 15.5. The van der Waals surface area contributed by atoms with Crippen LogP contribution in [0.5, 0.6) is 0 Å². The predicted octanol–water partition coefficient (Wildman–Crippen LogP) is 1.53. The van der Waals surface area contributed by atoms with E-state index < -0.39 is 17.4 Å². The van der Waals surface area contributed by atoms with Crippen LogP contribution in [-0.2, 0) is 9.59 Å². The van der Waals surface area contributed by atoms with E-state index in [4.69, 9.17) is 0 Å². The summed E-state index contributed by atoms with van der Waals surface area (Å²) >= 11 is 0. The summed E-state index contributed by atoms with van der Waals surface area (Å²) in [5.74, 6) is -0.876. The maximum absolute atomic E-state index is 12.5. The summed E-state index contributed by atoms with van der Waals surface area (Å²) in [6.07, 6.45) is 6.70. The average molecular weight is 282 g/mol. The molecule has 1 saturated heterocycles. The molecule has 5 heteroatoms. The summed E-state index contributed by atoms with van der Waals surface area (Å²) < 4.78 is 0. The maximum atomic E-state index is 12.5. The van der Waals surface area contributed by atoms with Gasteiger partial charge in [0.15, 0.2) is 0 Å². The van der Waals surface area contributed by atoms with Gasteiger partial charge < -0.3 is 15.7 Å². The lowest BCUT2D eigenvalue weighted by molar-refractivity contribution is -0.145. The molecule has 0 radical (unpaired) electrons. The fourth-order valence-corrected chi connectivity index (χ4v) is 3.54. The molecule has 0 aromatic heterocycles. The highest BCUT2D eigenvalue weighted by atomic mass is 16.4. The van der Waals surface area contributed by atoms with Crippen LogP contribution >= 0.6 is 0 Å². The van der Waals surface area contributed by atoms with Crippen LogP contribution in [-0.4, -0.2) is 36.1 Å². The Morgan fingerprint density at radius 2 is 2.05 bits per heavy atom. The number of amides is 1. The topological polar surface area (TPSA) is 78.4 Å². The predicted molar refractivity (Wildman–Crippen MR) is 76.4 cm³/mol. The van der Waals surface area contributed by atoms with E-state index in [1.165, 1.54) is 6.42 Å². The van der Waals surface area contributed by atoms with Gasteiger partial charge in [-0.2, -0.15) is 0 Å². The van der Waals surface area contributed by atoms with Crippen molar-refractivity contribution < 1.29 is 14.7 Å². The Balaban J connectivity index is 2.03. The molecular formula is C15H26N2O3. The van der Waals surface area contributed by atoms with Gasteiger partial charge in [0.2, 0.25) is 5.91 Å². The maximum Gasteiger partial charge on any atom is 0.326 e. The lowest BCUT2D eigenvalue weighted by atomic mass is 9.80. The monoisotopic (exact) mass is 282 g/mol. The highest BCUT2D eigenvalue weighted by molar-refractivity contribution is 5.88. The normalized spacial score (nSPS) is 29.1. The van der Waals surface area contributed by atoms with Crippen molar-refractivity contribution in [3.63, 3.8) is 0 Å². The van der Waals surface area contributed by atoms with Crippen LogP contribution in [0.4, 0.5) is 0 Å². The molecule has 114 valence electrons. The first-order valence-electron chi connectivity index (χ1n) is 7.83. The Hall–Kier alpha value is -1.10. The van der Waals surface area contributed by atoms with E-state index in [0.29, 0.717) is 6.54 Å². The fourth-order valence-electron chi connectivity index (χ4n) is 3.54. The molecule has 0 aromatic carbocycles. The molecule has 2 fully saturated rings. The molecule has 1 saturated carbocycles. The molecule has 2 atom stereocenters. The second-order valence-corrected chi connectivity index (χ2v) is 6.25. The van der Waals surface area contributed by atoms with Gasteiger partial charge in [-0.1, -0.05) is 26.2 Å². The molecule has 2 rings (SSSR count). The lowest BCUT2D eigenvalue weighted by Crippen LogP contribution is -2.52. The summed E-state index contributed by atoms with van der Waals surface area (Å²) in [4.78, 5) is 24.1. The average Bonchev–Trinajstić information content (AvgIpc) is 2.95. The Bertz CT molecular complexity index is 358. The molecule has 20 heavy (non-hydrogen) atoms. The third-order valence-corrected chi connectivity index (χ3v) is 5.08. The molecule has 1 aliphatic carbocycles. The first-order chi connectivity index (χ1) is 9.59. The molecule has 1 aliphatic heterocycles. The molecular weight excluding hydrogens is 256 g/mol. The van der Waals surface area contributed by atoms with Crippen molar-refractivity contribution in [3.8, 4) is 0 Å². The van der Waals surface area contributed by atoms with Crippen LogP contribution in [0.25, 0.3) is 0 Å². The van der Waals surface area contributed by atoms with Crippen LogP contribution in [0.15, 0.2) is 0 Å². The van der Waals surface area contributed by atoms with Gasteiger partial charge in [-0.3, -0.25) is 4.79 Å². The molecule has 3 N–H and O–H groups in total. The van der Waals surface area contributed by atoms with Crippen LogP contribution in [0, 0.1) is 11.3 Å². The lowest BCUT2D eigenvalue weighted by Gasteiger charge is -2.32. The number of rotatable bonds is 5. The number of carbonyl (C=O) groups excluding carboxylic acids is 1. The van der Waals surface area contributed by atoms with Gasteiger partial charge in [0, 0.05) is 6.54 Å². The first-order valence-corrected chi connectivity index (χ1v) is 7.83. The third kappa shape index (κ3) is 3.14. The van der Waals surface area contributed by atoms with E-state index in [1.807, 2.05) is 6.92 Å². The second-order valence-electron chi connectivity index (χ2n) is 6.25. The quantitative estimate of drug-likeness (QED) is 0.714. The Kier molecular flexibility index (Phi) is 5.02. The smallest absolute Gasteiger partial charge is 0.326 e. The number of carboxylic acids is 1. The van der Waals surface area contributed by atoms with E-state index in [1.54, 1.807) is 0 Å². The molecule has 0 spiro atoms. The highest BCUT2D eigenvalue weighted by Crippen LogP contribution is 2.31. The second kappa shape index (κ2) is 6.57. The highest BCUT2D eigenvalue weighted by Gasteiger charge is 2.42. The molecule has 2 aliphatic rings.